The molecule has 1 atom stereocenters. The van der Waals surface area contributed by atoms with E-state index in [0.717, 1.165) is 11.1 Å². The van der Waals surface area contributed by atoms with Gasteiger partial charge in [-0.05, 0) is 47.9 Å². The van der Waals surface area contributed by atoms with E-state index < -0.39 is 0 Å². The molecule has 1 unspecified atom stereocenters. The van der Waals surface area contributed by atoms with Gasteiger partial charge in [0.1, 0.15) is 11.6 Å². The molecule has 0 fully saturated rings. The van der Waals surface area contributed by atoms with E-state index in [0.29, 0.717) is 36.7 Å². The number of nitrogens with one attached hydrogen (secondary N) is 2. The van der Waals surface area contributed by atoms with Gasteiger partial charge in [0.05, 0.1) is 5.69 Å². The summed E-state index contributed by atoms with van der Waals surface area (Å²) < 4.78 is 13.0. The standard InChI is InChI=1S/C22H24FN5O/c1-15(16-5-7-19(23)8-6-16)14-26-21-10-9-20(27-28-21)17-3-2-4-18(13-17)22(29)25-12-11-24/h2-10,13,15H,11-12,14,24H2,1H3,(H,25,29)(H,26,28). The van der Waals surface area contributed by atoms with Crippen LogP contribution in [0.25, 0.3) is 11.3 Å². The number of nitrogens with two attached hydrogens (primary N) is 1. The van der Waals surface area contributed by atoms with Crippen molar-refractivity contribution in [3.05, 3.63) is 77.6 Å². The Morgan fingerprint density at radius 1 is 1.10 bits per heavy atom. The van der Waals surface area contributed by atoms with Gasteiger partial charge in [0.2, 0.25) is 0 Å². The zero-order chi connectivity index (χ0) is 20.6. The minimum absolute atomic E-state index is 0.168. The lowest BCUT2D eigenvalue weighted by Crippen LogP contribution is -2.28. The van der Waals surface area contributed by atoms with Gasteiger partial charge in [-0.2, -0.15) is 0 Å². The molecule has 3 aromatic rings. The molecule has 1 aromatic heterocycles. The SMILES string of the molecule is CC(CNc1ccc(-c2cccc(C(=O)NCCN)c2)nn1)c1ccc(F)cc1. The summed E-state index contributed by atoms with van der Waals surface area (Å²) in [5.74, 6) is 0.440. The van der Waals surface area contributed by atoms with Crippen LogP contribution in [-0.4, -0.2) is 35.7 Å². The Kier molecular flexibility index (Phi) is 6.86. The minimum Gasteiger partial charge on any atom is -0.368 e. The third-order valence-corrected chi connectivity index (χ3v) is 4.54. The van der Waals surface area contributed by atoms with Gasteiger partial charge in [0.25, 0.3) is 5.91 Å². The van der Waals surface area contributed by atoms with Gasteiger partial charge in [-0.1, -0.05) is 31.2 Å². The summed E-state index contributed by atoms with van der Waals surface area (Å²) in [7, 11) is 0. The first-order valence-corrected chi connectivity index (χ1v) is 9.48. The first-order valence-electron chi connectivity index (χ1n) is 9.48. The van der Waals surface area contributed by atoms with Crippen LogP contribution in [0.4, 0.5) is 10.2 Å². The van der Waals surface area contributed by atoms with Crippen molar-refractivity contribution in [1.82, 2.24) is 15.5 Å². The molecule has 0 bridgehead atoms. The summed E-state index contributed by atoms with van der Waals surface area (Å²) in [5.41, 5.74) is 8.50. The fraction of sp³-hybridized carbons (Fsp3) is 0.227. The fourth-order valence-electron chi connectivity index (χ4n) is 2.85. The number of hydrogen-bond acceptors (Lipinski definition) is 5. The Bertz CT molecular complexity index is 944. The van der Waals surface area contributed by atoms with Gasteiger partial charge in [0, 0.05) is 30.8 Å². The first-order chi connectivity index (χ1) is 14.1. The van der Waals surface area contributed by atoms with E-state index in [4.69, 9.17) is 5.73 Å². The first kappa shape index (κ1) is 20.4. The summed E-state index contributed by atoms with van der Waals surface area (Å²) in [6, 6.07) is 17.4. The van der Waals surface area contributed by atoms with Crippen LogP contribution < -0.4 is 16.4 Å². The van der Waals surface area contributed by atoms with Gasteiger partial charge in [0.15, 0.2) is 0 Å². The predicted octanol–water partition coefficient (Wildman–Crippen LogP) is 3.19. The third kappa shape index (κ3) is 5.58. The Hall–Kier alpha value is -3.32. The van der Waals surface area contributed by atoms with Crippen LogP contribution in [0.3, 0.4) is 0 Å². The van der Waals surface area contributed by atoms with E-state index in [9.17, 15) is 9.18 Å². The number of benzene rings is 2. The number of rotatable bonds is 8. The van der Waals surface area contributed by atoms with E-state index in [1.54, 1.807) is 24.3 Å². The third-order valence-electron chi connectivity index (χ3n) is 4.54. The van der Waals surface area contributed by atoms with Crippen molar-refractivity contribution >= 4 is 11.7 Å². The van der Waals surface area contributed by atoms with Crippen LogP contribution in [0.1, 0.15) is 28.8 Å². The Balaban J connectivity index is 1.62. The van der Waals surface area contributed by atoms with Crippen LogP contribution in [0.2, 0.25) is 0 Å². The molecule has 0 spiro atoms. The number of halogens is 1. The Morgan fingerprint density at radius 3 is 2.59 bits per heavy atom. The maximum Gasteiger partial charge on any atom is 0.251 e. The second-order valence-electron chi connectivity index (χ2n) is 6.76. The van der Waals surface area contributed by atoms with Crippen LogP contribution in [0.5, 0.6) is 0 Å². The number of anilines is 1. The van der Waals surface area contributed by atoms with Crippen molar-refractivity contribution in [3.63, 3.8) is 0 Å². The molecule has 0 saturated heterocycles. The molecule has 1 heterocycles. The molecule has 0 radical (unpaired) electrons. The highest BCUT2D eigenvalue weighted by molar-refractivity contribution is 5.95. The van der Waals surface area contributed by atoms with Gasteiger partial charge >= 0.3 is 0 Å². The van der Waals surface area contributed by atoms with E-state index in [1.165, 1.54) is 12.1 Å². The molecule has 4 N–H and O–H groups in total. The lowest BCUT2D eigenvalue weighted by Gasteiger charge is -2.13. The van der Waals surface area contributed by atoms with Crippen LogP contribution in [-0.2, 0) is 0 Å². The lowest BCUT2D eigenvalue weighted by molar-refractivity contribution is 0.0955. The zero-order valence-electron chi connectivity index (χ0n) is 16.2. The maximum atomic E-state index is 13.0. The fourth-order valence-corrected chi connectivity index (χ4v) is 2.85. The van der Waals surface area contributed by atoms with Crippen molar-refractivity contribution in [3.8, 4) is 11.3 Å². The number of carbonyl (C=O) groups excluding carboxylic acids is 1. The molecule has 150 valence electrons. The molecule has 7 heteroatoms. The van der Waals surface area contributed by atoms with E-state index >= 15 is 0 Å². The van der Waals surface area contributed by atoms with Crippen LogP contribution in [0.15, 0.2) is 60.7 Å². The molecule has 0 aliphatic rings. The van der Waals surface area contributed by atoms with Crippen molar-refractivity contribution in [2.75, 3.05) is 25.0 Å². The summed E-state index contributed by atoms with van der Waals surface area (Å²) in [6.45, 7) is 3.53. The largest absolute Gasteiger partial charge is 0.368 e. The normalized spacial score (nSPS) is 11.7. The molecule has 3 rings (SSSR count). The van der Waals surface area contributed by atoms with Gasteiger partial charge in [-0.3, -0.25) is 4.79 Å². The summed E-state index contributed by atoms with van der Waals surface area (Å²) in [6.07, 6.45) is 0. The average Bonchev–Trinajstić information content (AvgIpc) is 2.76. The minimum atomic E-state index is -0.240. The predicted molar refractivity (Wildman–Crippen MR) is 112 cm³/mol. The average molecular weight is 393 g/mol. The molecule has 29 heavy (non-hydrogen) atoms. The molecular formula is C22H24FN5O. The Labute approximate surface area is 169 Å². The maximum absolute atomic E-state index is 13.0. The topological polar surface area (TPSA) is 92.9 Å². The lowest BCUT2D eigenvalue weighted by atomic mass is 10.0. The number of aromatic nitrogens is 2. The van der Waals surface area contributed by atoms with Crippen molar-refractivity contribution in [2.45, 2.75) is 12.8 Å². The van der Waals surface area contributed by atoms with E-state index in [-0.39, 0.29) is 17.6 Å². The highest BCUT2D eigenvalue weighted by atomic mass is 19.1. The molecule has 1 amide bonds. The number of amides is 1. The molecule has 2 aromatic carbocycles. The second-order valence-corrected chi connectivity index (χ2v) is 6.76. The summed E-state index contributed by atoms with van der Waals surface area (Å²) in [5, 5.41) is 14.5. The molecule has 0 aliphatic heterocycles. The molecule has 6 nitrogen and oxygen atoms in total. The summed E-state index contributed by atoms with van der Waals surface area (Å²) in [4.78, 5) is 12.1. The molecule has 0 saturated carbocycles. The molecular weight excluding hydrogens is 369 g/mol. The smallest absolute Gasteiger partial charge is 0.251 e. The molecule has 0 aliphatic carbocycles. The van der Waals surface area contributed by atoms with Gasteiger partial charge in [-0.25, -0.2) is 4.39 Å². The Morgan fingerprint density at radius 2 is 1.90 bits per heavy atom. The van der Waals surface area contributed by atoms with Crippen LogP contribution in [0, 0.1) is 5.82 Å². The number of hydrogen-bond donors (Lipinski definition) is 3. The van der Waals surface area contributed by atoms with Gasteiger partial charge < -0.3 is 16.4 Å². The zero-order valence-corrected chi connectivity index (χ0v) is 16.2. The number of nitrogens with zero attached hydrogens (tertiary/aromatic N) is 2. The van der Waals surface area contributed by atoms with Crippen LogP contribution >= 0.6 is 0 Å². The van der Waals surface area contributed by atoms with Crippen molar-refractivity contribution in [2.24, 2.45) is 5.73 Å². The van der Waals surface area contributed by atoms with Crippen molar-refractivity contribution in [1.29, 1.82) is 0 Å². The second kappa shape index (κ2) is 9.75. The van der Waals surface area contributed by atoms with E-state index in [1.807, 2.05) is 24.3 Å². The van der Waals surface area contributed by atoms with Gasteiger partial charge in [-0.15, -0.1) is 10.2 Å². The monoisotopic (exact) mass is 393 g/mol. The quantitative estimate of drug-likeness (QED) is 0.547. The number of carbonyl (C=O) groups is 1. The van der Waals surface area contributed by atoms with E-state index in [2.05, 4.69) is 27.8 Å². The summed E-state index contributed by atoms with van der Waals surface area (Å²) >= 11 is 0. The highest BCUT2D eigenvalue weighted by Gasteiger charge is 2.09. The van der Waals surface area contributed by atoms with Crippen molar-refractivity contribution < 1.29 is 9.18 Å². The highest BCUT2D eigenvalue weighted by Crippen LogP contribution is 2.20.